The molecule has 34 heavy (non-hydrogen) atoms. The first kappa shape index (κ1) is 20.9. The van der Waals surface area contributed by atoms with Crippen molar-refractivity contribution in [3.05, 3.63) is 124 Å². The van der Waals surface area contributed by atoms with Crippen molar-refractivity contribution in [2.24, 2.45) is 5.92 Å². The number of methoxy groups -OCH3 is 3. The summed E-state index contributed by atoms with van der Waals surface area (Å²) >= 11 is 0. The van der Waals surface area contributed by atoms with Crippen LogP contribution in [0, 0.1) is 5.92 Å². The van der Waals surface area contributed by atoms with Crippen molar-refractivity contribution < 1.29 is 14.2 Å². The standard InChI is InChI=1S/C31H28O3/c1-32-27-19-29(34-3)28(33-2)18-23(27)30-22-14-8-10-16-25(22)31(21-12-5-4-6-13-21)24-15-9-7-11-20(24)17-26(30)31/h4-16,18-19,26,30H,17H2,1-3H3/t26-,30?,31+/m1/s1. The maximum absolute atomic E-state index is 5.94. The van der Waals surface area contributed by atoms with Crippen LogP contribution >= 0.6 is 0 Å². The van der Waals surface area contributed by atoms with E-state index in [4.69, 9.17) is 14.2 Å². The third kappa shape index (κ3) is 2.70. The van der Waals surface area contributed by atoms with Crippen molar-refractivity contribution >= 4 is 0 Å². The van der Waals surface area contributed by atoms with E-state index in [0.717, 1.165) is 23.5 Å². The lowest BCUT2D eigenvalue weighted by Crippen LogP contribution is -2.32. The van der Waals surface area contributed by atoms with Gasteiger partial charge in [0.2, 0.25) is 0 Å². The molecule has 3 atom stereocenters. The molecule has 2 aliphatic carbocycles. The van der Waals surface area contributed by atoms with Crippen LogP contribution < -0.4 is 14.2 Å². The van der Waals surface area contributed by atoms with Crippen molar-refractivity contribution in [1.29, 1.82) is 0 Å². The summed E-state index contributed by atoms with van der Waals surface area (Å²) < 4.78 is 17.3. The minimum absolute atomic E-state index is 0.151. The second-order valence-corrected chi connectivity index (χ2v) is 9.16. The van der Waals surface area contributed by atoms with Crippen molar-refractivity contribution in [2.75, 3.05) is 21.3 Å². The Kier molecular flexibility index (Phi) is 4.88. The summed E-state index contributed by atoms with van der Waals surface area (Å²) in [6.07, 6.45) is 1.00. The molecule has 0 radical (unpaired) electrons. The molecule has 4 aromatic rings. The molecule has 1 unspecified atom stereocenters. The Labute approximate surface area is 200 Å². The lowest BCUT2D eigenvalue weighted by molar-refractivity contribution is 0.342. The molecule has 3 nitrogen and oxygen atoms in total. The molecule has 3 heteroatoms. The Morgan fingerprint density at radius 1 is 0.618 bits per heavy atom. The van der Waals surface area contributed by atoms with E-state index in [0.29, 0.717) is 11.7 Å². The summed E-state index contributed by atoms with van der Waals surface area (Å²) in [6.45, 7) is 0. The van der Waals surface area contributed by atoms with E-state index < -0.39 is 0 Å². The molecule has 4 aromatic carbocycles. The molecule has 0 bridgehead atoms. The third-order valence-electron chi connectivity index (χ3n) is 7.86. The number of hydrogen-bond donors (Lipinski definition) is 0. The van der Waals surface area contributed by atoms with E-state index in [1.165, 1.54) is 27.8 Å². The topological polar surface area (TPSA) is 27.7 Å². The van der Waals surface area contributed by atoms with Crippen LogP contribution in [-0.2, 0) is 11.8 Å². The highest BCUT2D eigenvalue weighted by molar-refractivity contribution is 5.68. The Bertz CT molecular complexity index is 1360. The summed E-state index contributed by atoms with van der Waals surface area (Å²) in [6, 6.07) is 33.0. The summed E-state index contributed by atoms with van der Waals surface area (Å²) in [5.74, 6) is 2.70. The molecule has 6 rings (SSSR count). The van der Waals surface area contributed by atoms with Gasteiger partial charge in [-0.15, -0.1) is 0 Å². The van der Waals surface area contributed by atoms with E-state index in [-0.39, 0.29) is 11.3 Å². The lowest BCUT2D eigenvalue weighted by atomic mass is 9.67. The maximum atomic E-state index is 5.94. The highest BCUT2D eigenvalue weighted by atomic mass is 16.5. The molecule has 0 saturated heterocycles. The van der Waals surface area contributed by atoms with Crippen LogP contribution in [0.3, 0.4) is 0 Å². The van der Waals surface area contributed by atoms with Crippen LogP contribution in [0.4, 0.5) is 0 Å². The van der Waals surface area contributed by atoms with Crippen molar-refractivity contribution in [1.82, 2.24) is 0 Å². The fourth-order valence-electron chi connectivity index (χ4n) is 6.64. The van der Waals surface area contributed by atoms with Gasteiger partial charge < -0.3 is 14.2 Å². The van der Waals surface area contributed by atoms with Crippen molar-refractivity contribution in [2.45, 2.75) is 17.8 Å². The van der Waals surface area contributed by atoms with Gasteiger partial charge in [0.05, 0.1) is 21.3 Å². The Balaban J connectivity index is 1.68. The number of hydrogen-bond acceptors (Lipinski definition) is 3. The highest BCUT2D eigenvalue weighted by Gasteiger charge is 2.58. The van der Waals surface area contributed by atoms with Gasteiger partial charge >= 0.3 is 0 Å². The second kappa shape index (κ2) is 7.95. The molecule has 170 valence electrons. The van der Waals surface area contributed by atoms with E-state index in [1.807, 2.05) is 6.07 Å². The van der Waals surface area contributed by atoms with Crippen LogP contribution in [-0.4, -0.2) is 21.3 Å². The van der Waals surface area contributed by atoms with Crippen LogP contribution in [0.15, 0.2) is 91.0 Å². The first-order chi connectivity index (χ1) is 16.7. The Hall–Kier alpha value is -3.72. The number of fused-ring (bicyclic) bond motifs is 5. The molecule has 0 saturated carbocycles. The molecule has 0 heterocycles. The van der Waals surface area contributed by atoms with Gasteiger partial charge in [0.15, 0.2) is 11.5 Å². The average molecular weight is 449 g/mol. The minimum Gasteiger partial charge on any atom is -0.496 e. The largest absolute Gasteiger partial charge is 0.496 e. The normalized spacial score (nSPS) is 22.0. The predicted molar refractivity (Wildman–Crippen MR) is 134 cm³/mol. The molecular formula is C31H28O3. The summed E-state index contributed by atoms with van der Waals surface area (Å²) in [5, 5.41) is 0. The number of rotatable bonds is 5. The van der Waals surface area contributed by atoms with Gasteiger partial charge in [-0.1, -0.05) is 78.9 Å². The Morgan fingerprint density at radius 3 is 1.97 bits per heavy atom. The van der Waals surface area contributed by atoms with Gasteiger partial charge in [-0.25, -0.2) is 0 Å². The van der Waals surface area contributed by atoms with Gasteiger partial charge in [0.25, 0.3) is 0 Å². The van der Waals surface area contributed by atoms with Crippen molar-refractivity contribution in [3.8, 4) is 17.2 Å². The van der Waals surface area contributed by atoms with Gasteiger partial charge in [-0.05, 0) is 46.2 Å². The molecule has 0 fully saturated rings. The quantitative estimate of drug-likeness (QED) is 0.355. The molecular weight excluding hydrogens is 420 g/mol. The smallest absolute Gasteiger partial charge is 0.164 e. The SMILES string of the molecule is COc1cc(OC)c(C2c3ccccc3[C@]3(c4ccccc4)c4ccccc4C[C@H]23)cc1OC. The van der Waals surface area contributed by atoms with Gasteiger partial charge in [0.1, 0.15) is 5.75 Å². The number of ether oxygens (including phenoxy) is 3. The van der Waals surface area contributed by atoms with E-state index in [2.05, 4.69) is 84.9 Å². The van der Waals surface area contributed by atoms with E-state index >= 15 is 0 Å². The predicted octanol–water partition coefficient (Wildman–Crippen LogP) is 6.36. The minimum atomic E-state index is -0.211. The van der Waals surface area contributed by atoms with Gasteiger partial charge in [-0.3, -0.25) is 0 Å². The van der Waals surface area contributed by atoms with Crippen LogP contribution in [0.5, 0.6) is 17.2 Å². The number of benzene rings is 4. The summed E-state index contributed by atoms with van der Waals surface area (Å²) in [7, 11) is 5.09. The average Bonchev–Trinajstić information content (AvgIpc) is 3.38. The fourth-order valence-corrected chi connectivity index (χ4v) is 6.64. The zero-order chi connectivity index (χ0) is 23.3. The molecule has 2 aliphatic rings. The van der Waals surface area contributed by atoms with E-state index in [9.17, 15) is 0 Å². The van der Waals surface area contributed by atoms with Gasteiger partial charge in [0, 0.05) is 23.0 Å². The molecule has 0 amide bonds. The molecule has 0 spiro atoms. The Morgan fingerprint density at radius 2 is 1.24 bits per heavy atom. The zero-order valence-electron chi connectivity index (χ0n) is 19.7. The first-order valence-corrected chi connectivity index (χ1v) is 11.8. The second-order valence-electron chi connectivity index (χ2n) is 9.16. The van der Waals surface area contributed by atoms with Crippen LogP contribution in [0.25, 0.3) is 0 Å². The monoisotopic (exact) mass is 448 g/mol. The van der Waals surface area contributed by atoms with E-state index in [1.54, 1.807) is 21.3 Å². The highest BCUT2D eigenvalue weighted by Crippen LogP contribution is 2.65. The lowest BCUT2D eigenvalue weighted by Gasteiger charge is -2.35. The summed E-state index contributed by atoms with van der Waals surface area (Å²) in [4.78, 5) is 0. The first-order valence-electron chi connectivity index (χ1n) is 11.8. The third-order valence-corrected chi connectivity index (χ3v) is 7.86. The summed E-state index contributed by atoms with van der Waals surface area (Å²) in [5.41, 5.74) is 7.87. The molecule has 0 aromatic heterocycles. The van der Waals surface area contributed by atoms with Crippen LogP contribution in [0.1, 0.15) is 39.3 Å². The van der Waals surface area contributed by atoms with Gasteiger partial charge in [-0.2, -0.15) is 0 Å². The fraction of sp³-hybridized carbons (Fsp3) is 0.226. The molecule has 0 aliphatic heterocycles. The van der Waals surface area contributed by atoms with Crippen LogP contribution in [0.2, 0.25) is 0 Å². The zero-order valence-corrected chi connectivity index (χ0v) is 19.7. The maximum Gasteiger partial charge on any atom is 0.164 e. The van der Waals surface area contributed by atoms with Crippen molar-refractivity contribution in [3.63, 3.8) is 0 Å². The molecule has 0 N–H and O–H groups in total.